The van der Waals surface area contributed by atoms with Gasteiger partial charge in [-0.2, -0.15) is 0 Å². The molecule has 0 amide bonds. The number of rotatable bonds is 1. The first kappa shape index (κ1) is 10.5. The Hall–Kier alpha value is -1.60. The van der Waals surface area contributed by atoms with E-state index < -0.39 is 0 Å². The molecular weight excluding hydrogens is 172 g/mol. The standard InChI is InChI=1S/C13H12.H2O/c1-11-6-5-9-13(10-11)12-7-3-2-4-8-12;/h2-10H,1H3;1H2. The molecule has 0 unspecified atom stereocenters. The van der Waals surface area contributed by atoms with Crippen LogP contribution in [-0.2, 0) is 0 Å². The topological polar surface area (TPSA) is 31.5 Å². The van der Waals surface area contributed by atoms with Crippen molar-refractivity contribution in [3.05, 3.63) is 60.2 Å². The largest absolute Gasteiger partial charge is 0.412 e. The van der Waals surface area contributed by atoms with E-state index in [1.807, 2.05) is 6.07 Å². The second kappa shape index (κ2) is 4.58. The number of hydrogen-bond acceptors (Lipinski definition) is 0. The van der Waals surface area contributed by atoms with Gasteiger partial charge in [0, 0.05) is 0 Å². The summed E-state index contributed by atoms with van der Waals surface area (Å²) in [4.78, 5) is 0. The van der Waals surface area contributed by atoms with Crippen LogP contribution in [0.2, 0.25) is 0 Å². The number of hydrogen-bond donors (Lipinski definition) is 0. The molecule has 1 nitrogen and oxygen atoms in total. The zero-order chi connectivity index (χ0) is 9.10. The summed E-state index contributed by atoms with van der Waals surface area (Å²) in [5.74, 6) is 0. The smallest absolute Gasteiger partial charge is 0.0181 e. The van der Waals surface area contributed by atoms with Gasteiger partial charge in [0.15, 0.2) is 0 Å². The summed E-state index contributed by atoms with van der Waals surface area (Å²) in [6, 6.07) is 19.0. The molecule has 0 saturated carbocycles. The highest BCUT2D eigenvalue weighted by Gasteiger charge is 1.94. The Balaban J connectivity index is 0.000000980. The molecule has 0 atom stereocenters. The highest BCUT2D eigenvalue weighted by atomic mass is 16.0. The van der Waals surface area contributed by atoms with Crippen molar-refractivity contribution >= 4 is 0 Å². The molecule has 0 heterocycles. The second-order valence-corrected chi connectivity index (χ2v) is 3.24. The van der Waals surface area contributed by atoms with E-state index in [2.05, 4.69) is 55.5 Å². The normalized spacial score (nSPS) is 9.21. The van der Waals surface area contributed by atoms with E-state index in [-0.39, 0.29) is 5.48 Å². The van der Waals surface area contributed by atoms with Crippen LogP contribution in [0.5, 0.6) is 0 Å². The molecule has 72 valence electrons. The van der Waals surface area contributed by atoms with Gasteiger partial charge in [-0.05, 0) is 18.1 Å². The zero-order valence-electron chi connectivity index (χ0n) is 8.20. The monoisotopic (exact) mass is 186 g/mol. The van der Waals surface area contributed by atoms with Crippen molar-refractivity contribution in [1.29, 1.82) is 0 Å². The molecule has 0 bridgehead atoms. The lowest BCUT2D eigenvalue weighted by molar-refractivity contribution is 0.824. The van der Waals surface area contributed by atoms with Gasteiger partial charge in [-0.1, -0.05) is 60.2 Å². The van der Waals surface area contributed by atoms with Crippen molar-refractivity contribution in [3.63, 3.8) is 0 Å². The summed E-state index contributed by atoms with van der Waals surface area (Å²) < 4.78 is 0. The minimum absolute atomic E-state index is 0. The van der Waals surface area contributed by atoms with Gasteiger partial charge in [0.2, 0.25) is 0 Å². The maximum atomic E-state index is 2.20. The molecule has 0 radical (unpaired) electrons. The third-order valence-corrected chi connectivity index (χ3v) is 2.13. The van der Waals surface area contributed by atoms with Gasteiger partial charge in [-0.25, -0.2) is 0 Å². The fraction of sp³-hybridized carbons (Fsp3) is 0.0769. The molecule has 2 rings (SSSR count). The fourth-order valence-electron chi connectivity index (χ4n) is 1.46. The Labute approximate surface area is 84.3 Å². The highest BCUT2D eigenvalue weighted by Crippen LogP contribution is 2.19. The highest BCUT2D eigenvalue weighted by molar-refractivity contribution is 5.63. The van der Waals surface area contributed by atoms with Crippen LogP contribution in [0.1, 0.15) is 5.56 Å². The lowest BCUT2D eigenvalue weighted by atomic mass is 10.0. The molecular formula is C13H14O. The van der Waals surface area contributed by atoms with Gasteiger partial charge in [0.1, 0.15) is 0 Å². The number of benzene rings is 2. The first-order valence-corrected chi connectivity index (χ1v) is 4.48. The SMILES string of the molecule is Cc1cccc(-c2ccccc2)c1.O. The second-order valence-electron chi connectivity index (χ2n) is 3.24. The Morgan fingerprint density at radius 1 is 0.714 bits per heavy atom. The quantitative estimate of drug-likeness (QED) is 0.656. The molecule has 1 heteroatoms. The molecule has 2 N–H and O–H groups in total. The summed E-state index contributed by atoms with van der Waals surface area (Å²) >= 11 is 0. The van der Waals surface area contributed by atoms with Gasteiger partial charge in [-0.3, -0.25) is 0 Å². The maximum absolute atomic E-state index is 2.20. The fourth-order valence-corrected chi connectivity index (χ4v) is 1.46. The van der Waals surface area contributed by atoms with Crippen LogP contribution in [0.4, 0.5) is 0 Å². The van der Waals surface area contributed by atoms with Gasteiger partial charge in [0.05, 0.1) is 0 Å². The average Bonchev–Trinajstić information content (AvgIpc) is 2.19. The Bertz CT molecular complexity index is 393. The third kappa shape index (κ3) is 2.21. The maximum Gasteiger partial charge on any atom is -0.0181 e. The van der Waals surface area contributed by atoms with E-state index in [0.29, 0.717) is 0 Å². The number of aryl methyl sites for hydroxylation is 1. The molecule has 0 fully saturated rings. The molecule has 0 aliphatic carbocycles. The minimum Gasteiger partial charge on any atom is -0.412 e. The van der Waals surface area contributed by atoms with Crippen LogP contribution in [0.15, 0.2) is 54.6 Å². The Morgan fingerprint density at radius 3 is 2.00 bits per heavy atom. The van der Waals surface area contributed by atoms with Crippen molar-refractivity contribution in [2.24, 2.45) is 0 Å². The molecule has 0 spiro atoms. The molecule has 0 aliphatic rings. The molecule has 0 aromatic heterocycles. The summed E-state index contributed by atoms with van der Waals surface area (Å²) in [6.07, 6.45) is 0. The Kier molecular flexibility index (Phi) is 3.43. The molecule has 2 aromatic rings. The zero-order valence-corrected chi connectivity index (χ0v) is 8.20. The van der Waals surface area contributed by atoms with Crippen LogP contribution in [0.3, 0.4) is 0 Å². The van der Waals surface area contributed by atoms with Crippen molar-refractivity contribution in [1.82, 2.24) is 0 Å². The van der Waals surface area contributed by atoms with E-state index in [1.165, 1.54) is 16.7 Å². The van der Waals surface area contributed by atoms with E-state index in [1.54, 1.807) is 0 Å². The van der Waals surface area contributed by atoms with E-state index in [9.17, 15) is 0 Å². The van der Waals surface area contributed by atoms with Crippen LogP contribution in [0, 0.1) is 6.92 Å². The third-order valence-electron chi connectivity index (χ3n) is 2.13. The van der Waals surface area contributed by atoms with E-state index in [4.69, 9.17) is 0 Å². The first-order valence-electron chi connectivity index (χ1n) is 4.48. The molecule has 2 aromatic carbocycles. The predicted molar refractivity (Wildman–Crippen MR) is 60.2 cm³/mol. The van der Waals surface area contributed by atoms with E-state index in [0.717, 1.165) is 0 Å². The summed E-state index contributed by atoms with van der Waals surface area (Å²) in [6.45, 7) is 2.12. The van der Waals surface area contributed by atoms with Crippen LogP contribution < -0.4 is 0 Å². The molecule has 14 heavy (non-hydrogen) atoms. The van der Waals surface area contributed by atoms with Crippen molar-refractivity contribution < 1.29 is 5.48 Å². The Morgan fingerprint density at radius 2 is 1.36 bits per heavy atom. The van der Waals surface area contributed by atoms with Crippen LogP contribution >= 0.6 is 0 Å². The van der Waals surface area contributed by atoms with Crippen LogP contribution in [0.25, 0.3) is 11.1 Å². The van der Waals surface area contributed by atoms with Crippen LogP contribution in [-0.4, -0.2) is 5.48 Å². The lowest BCUT2D eigenvalue weighted by Crippen LogP contribution is -1.77. The summed E-state index contributed by atoms with van der Waals surface area (Å²) in [5.41, 5.74) is 3.88. The van der Waals surface area contributed by atoms with Crippen molar-refractivity contribution in [2.75, 3.05) is 0 Å². The van der Waals surface area contributed by atoms with Crippen molar-refractivity contribution in [2.45, 2.75) is 6.92 Å². The van der Waals surface area contributed by atoms with Gasteiger partial charge < -0.3 is 5.48 Å². The van der Waals surface area contributed by atoms with Gasteiger partial charge in [0.25, 0.3) is 0 Å². The van der Waals surface area contributed by atoms with Gasteiger partial charge in [-0.15, -0.1) is 0 Å². The molecule has 0 saturated heterocycles. The minimum atomic E-state index is 0. The lowest BCUT2D eigenvalue weighted by Gasteiger charge is -2.01. The molecule has 0 aliphatic heterocycles. The van der Waals surface area contributed by atoms with Crippen molar-refractivity contribution in [3.8, 4) is 11.1 Å². The van der Waals surface area contributed by atoms with E-state index >= 15 is 0 Å². The summed E-state index contributed by atoms with van der Waals surface area (Å²) in [5, 5.41) is 0. The predicted octanol–water partition coefficient (Wildman–Crippen LogP) is 2.84. The summed E-state index contributed by atoms with van der Waals surface area (Å²) in [7, 11) is 0. The first-order chi connectivity index (χ1) is 6.36. The average molecular weight is 186 g/mol. The van der Waals surface area contributed by atoms with Gasteiger partial charge >= 0.3 is 0 Å².